The number of fused-ring (bicyclic) bond motifs is 1. The summed E-state index contributed by atoms with van der Waals surface area (Å²) in [6.45, 7) is 0.643. The van der Waals surface area contributed by atoms with Gasteiger partial charge in [0.05, 0.1) is 12.7 Å². The van der Waals surface area contributed by atoms with Crippen LogP contribution in [0.1, 0.15) is 15.9 Å². The van der Waals surface area contributed by atoms with Gasteiger partial charge in [0.1, 0.15) is 5.75 Å². The van der Waals surface area contributed by atoms with Crippen LogP contribution in [0.4, 0.5) is 5.69 Å². The standard InChI is InChI=1S/C16H16N2O3/c1-17-10-12(14(21-2)9-15(17)19)16(20)18-8-7-11-5-3-4-6-13(11)18/h3-6,9-10H,7-8H2,1-2H3. The van der Waals surface area contributed by atoms with Gasteiger partial charge < -0.3 is 14.2 Å². The fraction of sp³-hybridized carbons (Fsp3) is 0.250. The van der Waals surface area contributed by atoms with E-state index in [0.717, 1.165) is 17.7 Å². The van der Waals surface area contributed by atoms with Gasteiger partial charge >= 0.3 is 0 Å². The highest BCUT2D eigenvalue weighted by Gasteiger charge is 2.27. The van der Waals surface area contributed by atoms with E-state index in [1.54, 1.807) is 11.9 Å². The Labute approximate surface area is 122 Å². The molecule has 2 heterocycles. The number of nitrogens with zero attached hydrogens (tertiary/aromatic N) is 2. The number of hydrogen-bond acceptors (Lipinski definition) is 3. The molecule has 0 bridgehead atoms. The summed E-state index contributed by atoms with van der Waals surface area (Å²) >= 11 is 0. The Kier molecular flexibility index (Phi) is 3.25. The average molecular weight is 284 g/mol. The second-order valence-corrected chi connectivity index (χ2v) is 5.04. The molecule has 5 heteroatoms. The number of anilines is 1. The van der Waals surface area contributed by atoms with Gasteiger partial charge in [0.2, 0.25) is 0 Å². The Hall–Kier alpha value is -2.56. The van der Waals surface area contributed by atoms with E-state index in [0.29, 0.717) is 17.9 Å². The van der Waals surface area contributed by atoms with Crippen molar-refractivity contribution in [2.75, 3.05) is 18.6 Å². The molecule has 0 saturated heterocycles. The average Bonchev–Trinajstić information content (AvgIpc) is 2.92. The number of carbonyl (C=O) groups excluding carboxylic acids is 1. The number of hydrogen-bond donors (Lipinski definition) is 0. The van der Waals surface area contributed by atoms with Crippen molar-refractivity contribution >= 4 is 11.6 Å². The molecule has 108 valence electrons. The minimum atomic E-state index is -0.203. The molecule has 1 aromatic carbocycles. The number of para-hydroxylation sites is 1. The van der Waals surface area contributed by atoms with Crippen molar-refractivity contribution in [2.45, 2.75) is 6.42 Å². The fourth-order valence-corrected chi connectivity index (χ4v) is 2.64. The molecule has 1 aliphatic heterocycles. The first-order chi connectivity index (χ1) is 10.1. The Bertz CT molecular complexity index is 764. The maximum absolute atomic E-state index is 12.8. The number of aryl methyl sites for hydroxylation is 1. The van der Waals surface area contributed by atoms with Crippen LogP contribution in [0.5, 0.6) is 5.75 Å². The molecular weight excluding hydrogens is 268 g/mol. The molecule has 0 atom stereocenters. The van der Waals surface area contributed by atoms with E-state index >= 15 is 0 Å². The number of ether oxygens (including phenoxy) is 1. The quantitative estimate of drug-likeness (QED) is 0.841. The predicted octanol–water partition coefficient (Wildman–Crippen LogP) is 1.60. The monoisotopic (exact) mass is 284 g/mol. The molecule has 0 spiro atoms. The van der Waals surface area contributed by atoms with Crippen LogP contribution in [0.3, 0.4) is 0 Å². The third-order valence-electron chi connectivity index (χ3n) is 3.77. The van der Waals surface area contributed by atoms with E-state index in [1.165, 1.54) is 23.9 Å². The summed E-state index contributed by atoms with van der Waals surface area (Å²) in [4.78, 5) is 26.2. The van der Waals surface area contributed by atoms with Crippen LogP contribution in [0.15, 0.2) is 41.3 Å². The Morgan fingerprint density at radius 3 is 2.81 bits per heavy atom. The summed E-state index contributed by atoms with van der Waals surface area (Å²) in [5, 5.41) is 0. The first kappa shape index (κ1) is 13.4. The van der Waals surface area contributed by atoms with E-state index in [9.17, 15) is 9.59 Å². The van der Waals surface area contributed by atoms with E-state index in [1.807, 2.05) is 24.3 Å². The Balaban J connectivity index is 2.04. The molecule has 3 rings (SSSR count). The van der Waals surface area contributed by atoms with E-state index in [-0.39, 0.29) is 11.5 Å². The highest BCUT2D eigenvalue weighted by atomic mass is 16.5. The van der Waals surface area contributed by atoms with Crippen LogP contribution in [0, 0.1) is 0 Å². The van der Waals surface area contributed by atoms with Crippen LogP contribution < -0.4 is 15.2 Å². The molecule has 0 saturated carbocycles. The molecule has 0 N–H and O–H groups in total. The van der Waals surface area contributed by atoms with Crippen molar-refractivity contribution in [2.24, 2.45) is 7.05 Å². The molecule has 0 fully saturated rings. The van der Waals surface area contributed by atoms with Gasteiger partial charge in [-0.2, -0.15) is 0 Å². The second-order valence-electron chi connectivity index (χ2n) is 5.04. The van der Waals surface area contributed by atoms with Gasteiger partial charge in [-0.1, -0.05) is 18.2 Å². The predicted molar refractivity (Wildman–Crippen MR) is 80.1 cm³/mol. The lowest BCUT2D eigenvalue weighted by Crippen LogP contribution is -2.30. The molecule has 1 aromatic heterocycles. The third kappa shape index (κ3) is 2.20. The summed E-state index contributed by atoms with van der Waals surface area (Å²) in [5.41, 5.74) is 2.29. The Morgan fingerprint density at radius 2 is 2.05 bits per heavy atom. The molecule has 2 aromatic rings. The summed E-state index contributed by atoms with van der Waals surface area (Å²) in [6.07, 6.45) is 2.38. The van der Waals surface area contributed by atoms with Crippen molar-refractivity contribution in [3.63, 3.8) is 0 Å². The lowest BCUT2D eigenvalue weighted by atomic mass is 10.1. The Morgan fingerprint density at radius 1 is 1.29 bits per heavy atom. The smallest absolute Gasteiger partial charge is 0.263 e. The number of aromatic nitrogens is 1. The van der Waals surface area contributed by atoms with Crippen molar-refractivity contribution in [1.29, 1.82) is 0 Å². The third-order valence-corrected chi connectivity index (χ3v) is 3.77. The number of rotatable bonds is 2. The molecule has 1 amide bonds. The minimum absolute atomic E-state index is 0.146. The molecule has 0 radical (unpaired) electrons. The lowest BCUT2D eigenvalue weighted by Gasteiger charge is -2.19. The van der Waals surface area contributed by atoms with Crippen LogP contribution in [-0.4, -0.2) is 24.1 Å². The molecule has 21 heavy (non-hydrogen) atoms. The van der Waals surface area contributed by atoms with E-state index in [4.69, 9.17) is 4.74 Å². The first-order valence-electron chi connectivity index (χ1n) is 6.76. The van der Waals surface area contributed by atoms with Crippen LogP contribution >= 0.6 is 0 Å². The first-order valence-corrected chi connectivity index (χ1v) is 6.76. The second kappa shape index (κ2) is 5.09. The maximum Gasteiger partial charge on any atom is 0.263 e. The van der Waals surface area contributed by atoms with Crippen molar-refractivity contribution in [1.82, 2.24) is 4.57 Å². The molecule has 0 aliphatic carbocycles. The van der Waals surface area contributed by atoms with Crippen LogP contribution in [0.25, 0.3) is 0 Å². The number of methoxy groups -OCH3 is 1. The van der Waals surface area contributed by atoms with E-state index < -0.39 is 0 Å². The zero-order valence-electron chi connectivity index (χ0n) is 12.0. The number of carbonyl (C=O) groups is 1. The van der Waals surface area contributed by atoms with Gasteiger partial charge in [-0.25, -0.2) is 0 Å². The highest BCUT2D eigenvalue weighted by molar-refractivity contribution is 6.08. The summed E-state index contributed by atoms with van der Waals surface area (Å²) in [5.74, 6) is 0.167. The van der Waals surface area contributed by atoms with Crippen molar-refractivity contribution in [3.05, 3.63) is 58.0 Å². The molecular formula is C16H16N2O3. The lowest BCUT2D eigenvalue weighted by molar-refractivity contribution is 0.0985. The zero-order chi connectivity index (χ0) is 15.0. The number of benzene rings is 1. The molecule has 1 aliphatic rings. The molecule has 5 nitrogen and oxygen atoms in total. The summed E-state index contributed by atoms with van der Waals surface area (Å²) < 4.78 is 6.58. The topological polar surface area (TPSA) is 51.5 Å². The van der Waals surface area contributed by atoms with Gasteiger partial charge in [-0.3, -0.25) is 9.59 Å². The van der Waals surface area contributed by atoms with Gasteiger partial charge in [-0.15, -0.1) is 0 Å². The van der Waals surface area contributed by atoms with Gasteiger partial charge in [0.25, 0.3) is 11.5 Å². The van der Waals surface area contributed by atoms with Gasteiger partial charge in [0, 0.05) is 31.5 Å². The normalized spacial score (nSPS) is 13.1. The van der Waals surface area contributed by atoms with E-state index in [2.05, 4.69) is 0 Å². The zero-order valence-corrected chi connectivity index (χ0v) is 12.0. The summed E-state index contributed by atoms with van der Waals surface area (Å²) in [6, 6.07) is 9.20. The van der Waals surface area contributed by atoms with Crippen LogP contribution in [-0.2, 0) is 13.5 Å². The van der Waals surface area contributed by atoms with Crippen LogP contribution in [0.2, 0.25) is 0 Å². The minimum Gasteiger partial charge on any atom is -0.496 e. The highest BCUT2D eigenvalue weighted by Crippen LogP contribution is 2.30. The van der Waals surface area contributed by atoms with Gasteiger partial charge in [0.15, 0.2) is 0 Å². The SMILES string of the molecule is COc1cc(=O)n(C)cc1C(=O)N1CCc2ccccc21. The largest absolute Gasteiger partial charge is 0.496 e. The summed E-state index contributed by atoms with van der Waals surface area (Å²) in [7, 11) is 3.08. The number of amides is 1. The number of pyridine rings is 1. The van der Waals surface area contributed by atoms with Crippen molar-refractivity contribution in [3.8, 4) is 5.75 Å². The van der Waals surface area contributed by atoms with Crippen molar-refractivity contribution < 1.29 is 9.53 Å². The van der Waals surface area contributed by atoms with Gasteiger partial charge in [-0.05, 0) is 18.1 Å². The maximum atomic E-state index is 12.8. The fourth-order valence-electron chi connectivity index (χ4n) is 2.64. The molecule has 0 unspecified atom stereocenters.